The van der Waals surface area contributed by atoms with Gasteiger partial charge in [-0.3, -0.25) is 4.79 Å². The quantitative estimate of drug-likeness (QED) is 0.380. The number of aliphatic hydroxyl groups is 2. The fourth-order valence-corrected chi connectivity index (χ4v) is 4.66. The molecule has 3 rings (SSSR count). The van der Waals surface area contributed by atoms with E-state index >= 15 is 0 Å². The Kier molecular flexibility index (Phi) is 7.59. The van der Waals surface area contributed by atoms with Crippen LogP contribution in [0.3, 0.4) is 0 Å². The van der Waals surface area contributed by atoms with Crippen LogP contribution in [-0.2, 0) is 11.0 Å². The predicted octanol–water partition coefficient (Wildman–Crippen LogP) is 4.26. The fraction of sp³-hybridized carbons (Fsp3) is 0.500. The zero-order chi connectivity index (χ0) is 26.2. The van der Waals surface area contributed by atoms with Crippen molar-refractivity contribution in [3.63, 3.8) is 0 Å². The second-order valence-electron chi connectivity index (χ2n) is 9.15. The summed E-state index contributed by atoms with van der Waals surface area (Å²) in [4.78, 5) is 18.5. The number of nitrogens with zero attached hydrogens (tertiary/aromatic N) is 2. The smallest absolute Gasteiger partial charge is 0.422 e. The highest BCUT2D eigenvalue weighted by Crippen LogP contribution is 2.48. The van der Waals surface area contributed by atoms with Gasteiger partial charge in [-0.25, -0.2) is 4.98 Å². The van der Waals surface area contributed by atoms with E-state index < -0.39 is 41.5 Å². The topological polar surface area (TPSA) is 92.1 Å². The third-order valence-electron chi connectivity index (χ3n) is 6.13. The molecule has 2 heterocycles. The molecule has 1 aromatic carbocycles. The van der Waals surface area contributed by atoms with Crippen LogP contribution in [0.2, 0.25) is 5.15 Å². The zero-order valence-corrected chi connectivity index (χ0v) is 20.6. The van der Waals surface area contributed by atoms with E-state index in [4.69, 9.17) is 26.2 Å². The Morgan fingerprint density at radius 3 is 2.54 bits per heavy atom. The Morgan fingerprint density at radius 1 is 1.26 bits per heavy atom. The maximum Gasteiger partial charge on any atom is 0.422 e. The Bertz CT molecular complexity index is 1110. The van der Waals surface area contributed by atoms with Gasteiger partial charge in [0.1, 0.15) is 6.61 Å². The van der Waals surface area contributed by atoms with Gasteiger partial charge in [-0.15, -0.1) is 0 Å². The van der Waals surface area contributed by atoms with Gasteiger partial charge >= 0.3 is 6.18 Å². The second-order valence-corrected chi connectivity index (χ2v) is 9.51. The number of methoxy groups -OCH3 is 1. The van der Waals surface area contributed by atoms with Crippen molar-refractivity contribution >= 4 is 23.1 Å². The number of ketones is 1. The molecule has 0 aliphatic carbocycles. The van der Waals surface area contributed by atoms with E-state index in [1.807, 2.05) is 18.7 Å². The first-order valence-electron chi connectivity index (χ1n) is 10.9. The van der Waals surface area contributed by atoms with E-state index in [-0.39, 0.29) is 35.4 Å². The molecule has 0 saturated carbocycles. The van der Waals surface area contributed by atoms with Crippen molar-refractivity contribution in [1.82, 2.24) is 4.98 Å². The standard InChI is InChI=1S/C24H28ClF3N2O5/c1-22(2)13-30(3)20-15(22)12-19(29-21(20)25)23(33,24(26,27)28)8-7-16(32)14-5-6-17(35-10-9-31)18(11-14)34-4/h5-6,11-12,31,33H,7-10,13H2,1-4H3. The van der Waals surface area contributed by atoms with E-state index in [1.54, 1.807) is 7.05 Å². The number of anilines is 1. The molecule has 1 aliphatic rings. The molecule has 7 nitrogen and oxygen atoms in total. The van der Waals surface area contributed by atoms with Gasteiger partial charge in [0.2, 0.25) is 5.60 Å². The number of aliphatic hydroxyl groups excluding tert-OH is 1. The van der Waals surface area contributed by atoms with Gasteiger partial charge in [-0.05, 0) is 36.2 Å². The Balaban J connectivity index is 1.91. The van der Waals surface area contributed by atoms with Crippen molar-refractivity contribution < 1.29 is 37.7 Å². The van der Waals surface area contributed by atoms with E-state index in [9.17, 15) is 23.1 Å². The van der Waals surface area contributed by atoms with Crippen LogP contribution in [0.5, 0.6) is 11.5 Å². The lowest BCUT2D eigenvalue weighted by Crippen LogP contribution is -2.43. The number of rotatable bonds is 9. The lowest BCUT2D eigenvalue weighted by molar-refractivity contribution is -0.270. The fourth-order valence-electron chi connectivity index (χ4n) is 4.32. The third-order valence-corrected chi connectivity index (χ3v) is 6.40. The van der Waals surface area contributed by atoms with Crippen molar-refractivity contribution in [3.05, 3.63) is 46.2 Å². The average Bonchev–Trinajstić information content (AvgIpc) is 3.03. The number of pyridine rings is 1. The maximum absolute atomic E-state index is 14.2. The molecule has 35 heavy (non-hydrogen) atoms. The van der Waals surface area contributed by atoms with Crippen LogP contribution in [0.1, 0.15) is 48.3 Å². The lowest BCUT2D eigenvalue weighted by atomic mass is 9.84. The molecule has 1 aromatic heterocycles. The molecule has 1 aliphatic heterocycles. The number of halogens is 4. The molecular formula is C24H28ClF3N2O5. The number of benzene rings is 1. The maximum atomic E-state index is 14.2. The number of fused-ring (bicyclic) bond motifs is 1. The number of hydrogen-bond acceptors (Lipinski definition) is 7. The number of Topliss-reactive ketones (excluding diaryl/α,β-unsaturated/α-hetero) is 1. The van der Waals surface area contributed by atoms with Gasteiger partial charge < -0.3 is 24.6 Å². The van der Waals surface area contributed by atoms with E-state index in [1.165, 1.54) is 31.4 Å². The van der Waals surface area contributed by atoms with Crippen LogP contribution in [0.4, 0.5) is 18.9 Å². The first-order valence-corrected chi connectivity index (χ1v) is 11.3. The minimum Gasteiger partial charge on any atom is -0.493 e. The molecular weight excluding hydrogens is 489 g/mol. The number of hydrogen-bond donors (Lipinski definition) is 2. The van der Waals surface area contributed by atoms with Gasteiger partial charge in [0.15, 0.2) is 22.4 Å². The van der Waals surface area contributed by atoms with E-state index in [0.29, 0.717) is 17.8 Å². The lowest BCUT2D eigenvalue weighted by Gasteiger charge is -2.31. The minimum absolute atomic E-state index is 0.00516. The largest absolute Gasteiger partial charge is 0.493 e. The molecule has 1 atom stereocenters. The minimum atomic E-state index is -5.10. The number of carbonyl (C=O) groups is 1. The van der Waals surface area contributed by atoms with Crippen molar-refractivity contribution in [1.29, 1.82) is 0 Å². The van der Waals surface area contributed by atoms with Gasteiger partial charge in [-0.1, -0.05) is 25.4 Å². The van der Waals surface area contributed by atoms with Crippen LogP contribution in [0.15, 0.2) is 24.3 Å². The predicted molar refractivity (Wildman–Crippen MR) is 125 cm³/mol. The summed E-state index contributed by atoms with van der Waals surface area (Å²) in [6.07, 6.45) is -6.67. The summed E-state index contributed by atoms with van der Waals surface area (Å²) < 4.78 is 53.0. The molecule has 2 N–H and O–H groups in total. The molecule has 0 bridgehead atoms. The molecule has 0 saturated heterocycles. The number of alkyl halides is 3. The summed E-state index contributed by atoms with van der Waals surface area (Å²) in [6.45, 7) is 4.04. The zero-order valence-electron chi connectivity index (χ0n) is 19.9. The van der Waals surface area contributed by atoms with Gasteiger partial charge in [0.25, 0.3) is 0 Å². The number of aromatic nitrogens is 1. The van der Waals surface area contributed by atoms with Crippen LogP contribution in [0, 0.1) is 0 Å². The monoisotopic (exact) mass is 516 g/mol. The summed E-state index contributed by atoms with van der Waals surface area (Å²) in [5.41, 5.74) is -3.37. The number of likely N-dealkylation sites (N-methyl/N-ethyl adjacent to an activating group) is 1. The normalized spacial score (nSPS) is 16.6. The van der Waals surface area contributed by atoms with Crippen LogP contribution in [-0.4, -0.2) is 61.1 Å². The highest BCUT2D eigenvalue weighted by molar-refractivity contribution is 6.32. The molecule has 2 aromatic rings. The Labute approximate surface area is 206 Å². The van der Waals surface area contributed by atoms with Crippen molar-refractivity contribution in [2.45, 2.75) is 43.9 Å². The van der Waals surface area contributed by atoms with E-state index in [2.05, 4.69) is 4.98 Å². The summed E-state index contributed by atoms with van der Waals surface area (Å²) in [5, 5.41) is 19.6. The molecule has 11 heteroatoms. The Morgan fingerprint density at radius 2 is 1.94 bits per heavy atom. The van der Waals surface area contributed by atoms with Crippen molar-refractivity contribution in [2.24, 2.45) is 0 Å². The van der Waals surface area contributed by atoms with Crippen molar-refractivity contribution in [3.8, 4) is 11.5 Å². The van der Waals surface area contributed by atoms with Gasteiger partial charge in [0.05, 0.1) is 25.1 Å². The first kappa shape index (κ1) is 27.0. The van der Waals surface area contributed by atoms with Crippen LogP contribution >= 0.6 is 11.6 Å². The van der Waals surface area contributed by atoms with Gasteiger partial charge in [0, 0.05) is 31.0 Å². The van der Waals surface area contributed by atoms with Crippen molar-refractivity contribution in [2.75, 3.05) is 38.8 Å². The van der Waals surface area contributed by atoms with E-state index in [0.717, 1.165) is 0 Å². The van der Waals surface area contributed by atoms with Gasteiger partial charge in [-0.2, -0.15) is 13.2 Å². The SMILES string of the molecule is COc1cc(C(=O)CCC(O)(c2cc3c(c(Cl)n2)N(C)CC3(C)C)C(F)(F)F)ccc1OCCO. The summed E-state index contributed by atoms with van der Waals surface area (Å²) >= 11 is 6.26. The third kappa shape index (κ3) is 5.19. The Hall–Kier alpha value is -2.56. The number of ether oxygens (including phenoxy) is 2. The average molecular weight is 517 g/mol. The summed E-state index contributed by atoms with van der Waals surface area (Å²) in [7, 11) is 3.11. The second kappa shape index (κ2) is 9.83. The van der Waals surface area contributed by atoms with Crippen LogP contribution < -0.4 is 14.4 Å². The molecule has 0 amide bonds. The molecule has 0 radical (unpaired) electrons. The summed E-state index contributed by atoms with van der Waals surface area (Å²) in [5.74, 6) is -0.171. The molecule has 0 spiro atoms. The summed E-state index contributed by atoms with van der Waals surface area (Å²) in [6, 6.07) is 5.38. The molecule has 0 fully saturated rings. The van der Waals surface area contributed by atoms with Crippen LogP contribution in [0.25, 0.3) is 0 Å². The molecule has 1 unspecified atom stereocenters. The first-order chi connectivity index (χ1) is 16.2. The molecule has 192 valence electrons. The highest BCUT2D eigenvalue weighted by Gasteiger charge is 2.56. The number of carbonyl (C=O) groups excluding carboxylic acids is 1. The highest BCUT2D eigenvalue weighted by atomic mass is 35.5.